The van der Waals surface area contributed by atoms with Crippen LogP contribution in [0.2, 0.25) is 0 Å². The number of rotatable bonds is 3. The highest BCUT2D eigenvalue weighted by Crippen LogP contribution is 2.36. The first-order chi connectivity index (χ1) is 9.39. The molecule has 2 N–H and O–H groups in total. The van der Waals surface area contributed by atoms with Crippen molar-refractivity contribution in [2.75, 3.05) is 12.3 Å². The molecule has 2 aromatic rings. The molecule has 0 amide bonds. The number of anilines is 1. The van der Waals surface area contributed by atoms with Crippen molar-refractivity contribution < 1.29 is 17.9 Å². The average Bonchev–Trinajstić information content (AvgIpc) is 2.84. The highest BCUT2D eigenvalue weighted by atomic mass is 32.1. The Hall–Kier alpha value is -2.20. The molecule has 1 aromatic carbocycles. The van der Waals surface area contributed by atoms with Crippen molar-refractivity contribution in [3.05, 3.63) is 35.2 Å². The Kier molecular flexibility index (Phi) is 3.86. The van der Waals surface area contributed by atoms with Crippen LogP contribution in [0.1, 0.15) is 4.88 Å². The SMILES string of the molecule is N#Cc1ccc(-c2ccc(N)cc2OCC(F)(F)F)s1. The zero-order valence-electron chi connectivity index (χ0n) is 10.1. The van der Waals surface area contributed by atoms with E-state index in [0.29, 0.717) is 21.0 Å². The summed E-state index contributed by atoms with van der Waals surface area (Å²) in [5.41, 5.74) is 6.36. The van der Waals surface area contributed by atoms with Gasteiger partial charge in [0.05, 0.1) is 0 Å². The maximum Gasteiger partial charge on any atom is 0.422 e. The number of ether oxygens (including phenoxy) is 1. The normalized spacial score (nSPS) is 11.1. The van der Waals surface area contributed by atoms with Gasteiger partial charge < -0.3 is 10.5 Å². The van der Waals surface area contributed by atoms with Crippen molar-refractivity contribution in [1.29, 1.82) is 5.26 Å². The van der Waals surface area contributed by atoms with Crippen LogP contribution in [0.5, 0.6) is 5.75 Å². The molecular weight excluding hydrogens is 289 g/mol. The van der Waals surface area contributed by atoms with Crippen LogP contribution in [0.25, 0.3) is 10.4 Å². The molecule has 0 fully saturated rings. The molecular formula is C13H9F3N2OS. The largest absolute Gasteiger partial charge is 0.483 e. The molecule has 1 aromatic heterocycles. The lowest BCUT2D eigenvalue weighted by atomic mass is 10.1. The van der Waals surface area contributed by atoms with Crippen molar-refractivity contribution in [3.63, 3.8) is 0 Å². The van der Waals surface area contributed by atoms with Gasteiger partial charge in [0.25, 0.3) is 0 Å². The number of hydrogen-bond donors (Lipinski definition) is 1. The summed E-state index contributed by atoms with van der Waals surface area (Å²) in [6.07, 6.45) is -4.42. The van der Waals surface area contributed by atoms with Gasteiger partial charge in [-0.1, -0.05) is 0 Å². The number of hydrogen-bond acceptors (Lipinski definition) is 4. The Bertz CT molecular complexity index is 658. The van der Waals surface area contributed by atoms with E-state index in [1.54, 1.807) is 24.3 Å². The number of thiophene rings is 1. The summed E-state index contributed by atoms with van der Waals surface area (Å²) in [6.45, 7) is -1.39. The fourth-order valence-corrected chi connectivity index (χ4v) is 2.40. The number of nitrogen functional groups attached to an aromatic ring is 1. The van der Waals surface area contributed by atoms with Gasteiger partial charge in [-0.2, -0.15) is 18.4 Å². The van der Waals surface area contributed by atoms with Crippen LogP contribution in [0, 0.1) is 11.3 Å². The third kappa shape index (κ3) is 3.42. The summed E-state index contributed by atoms with van der Waals surface area (Å²) in [6, 6.07) is 9.73. The maximum absolute atomic E-state index is 12.2. The van der Waals surface area contributed by atoms with E-state index in [2.05, 4.69) is 0 Å². The van der Waals surface area contributed by atoms with Gasteiger partial charge in [0.1, 0.15) is 16.7 Å². The van der Waals surface area contributed by atoms with E-state index in [4.69, 9.17) is 15.7 Å². The van der Waals surface area contributed by atoms with E-state index in [1.807, 2.05) is 6.07 Å². The first-order valence-electron chi connectivity index (χ1n) is 5.48. The van der Waals surface area contributed by atoms with Crippen LogP contribution >= 0.6 is 11.3 Å². The molecule has 1 heterocycles. The van der Waals surface area contributed by atoms with Crippen molar-refractivity contribution in [2.45, 2.75) is 6.18 Å². The van der Waals surface area contributed by atoms with E-state index >= 15 is 0 Å². The molecule has 20 heavy (non-hydrogen) atoms. The lowest BCUT2D eigenvalue weighted by Gasteiger charge is -2.13. The lowest BCUT2D eigenvalue weighted by molar-refractivity contribution is -0.153. The minimum Gasteiger partial charge on any atom is -0.483 e. The molecule has 0 saturated heterocycles. The molecule has 3 nitrogen and oxygen atoms in total. The Morgan fingerprint density at radius 2 is 2.00 bits per heavy atom. The number of halogens is 3. The predicted molar refractivity (Wildman–Crippen MR) is 70.4 cm³/mol. The molecule has 0 aliphatic rings. The third-order valence-corrected chi connectivity index (χ3v) is 3.40. The number of alkyl halides is 3. The molecule has 0 atom stereocenters. The molecule has 2 rings (SSSR count). The van der Waals surface area contributed by atoms with Gasteiger partial charge in [-0.3, -0.25) is 0 Å². The van der Waals surface area contributed by atoms with E-state index in [9.17, 15) is 13.2 Å². The minimum atomic E-state index is -4.42. The second kappa shape index (κ2) is 5.43. The number of nitrogens with zero attached hydrogens (tertiary/aromatic N) is 1. The van der Waals surface area contributed by atoms with Crippen molar-refractivity contribution >= 4 is 17.0 Å². The molecule has 0 aliphatic carbocycles. The van der Waals surface area contributed by atoms with Crippen molar-refractivity contribution in [2.24, 2.45) is 0 Å². The second-order valence-electron chi connectivity index (χ2n) is 3.94. The van der Waals surface area contributed by atoms with Crippen LogP contribution in [0.15, 0.2) is 30.3 Å². The molecule has 7 heteroatoms. The van der Waals surface area contributed by atoms with Gasteiger partial charge >= 0.3 is 6.18 Å². The quantitative estimate of drug-likeness (QED) is 0.877. The average molecular weight is 298 g/mol. The van der Waals surface area contributed by atoms with Crippen LogP contribution in [-0.2, 0) is 0 Å². The second-order valence-corrected chi connectivity index (χ2v) is 5.02. The summed E-state index contributed by atoms with van der Waals surface area (Å²) in [4.78, 5) is 1.12. The van der Waals surface area contributed by atoms with E-state index in [0.717, 1.165) is 0 Å². The van der Waals surface area contributed by atoms with Crippen LogP contribution in [-0.4, -0.2) is 12.8 Å². The molecule has 0 unspecified atom stereocenters. The highest BCUT2D eigenvalue weighted by Gasteiger charge is 2.29. The van der Waals surface area contributed by atoms with Crippen molar-refractivity contribution in [1.82, 2.24) is 0 Å². The van der Waals surface area contributed by atoms with Gasteiger partial charge in [-0.05, 0) is 24.3 Å². The third-order valence-electron chi connectivity index (χ3n) is 2.38. The van der Waals surface area contributed by atoms with Gasteiger partial charge in [0.15, 0.2) is 6.61 Å². The van der Waals surface area contributed by atoms with Gasteiger partial charge in [0.2, 0.25) is 0 Å². The Morgan fingerprint density at radius 1 is 1.25 bits per heavy atom. The fourth-order valence-electron chi connectivity index (χ4n) is 1.56. The zero-order valence-corrected chi connectivity index (χ0v) is 10.9. The topological polar surface area (TPSA) is 59.0 Å². The molecule has 0 radical (unpaired) electrons. The van der Waals surface area contributed by atoms with Crippen LogP contribution < -0.4 is 10.5 Å². The van der Waals surface area contributed by atoms with E-state index < -0.39 is 12.8 Å². The summed E-state index contributed by atoms with van der Waals surface area (Å²) in [7, 11) is 0. The maximum atomic E-state index is 12.2. The highest BCUT2D eigenvalue weighted by molar-refractivity contribution is 7.16. The first kappa shape index (κ1) is 14.2. The van der Waals surface area contributed by atoms with E-state index in [1.165, 1.54) is 17.4 Å². The molecule has 0 spiro atoms. The summed E-state index contributed by atoms with van der Waals surface area (Å²) in [5, 5.41) is 8.78. The lowest BCUT2D eigenvalue weighted by Crippen LogP contribution is -2.19. The fraction of sp³-hybridized carbons (Fsp3) is 0.154. The standard InChI is InChI=1S/C13H9F3N2OS/c14-13(15,16)7-19-11-5-8(18)1-3-10(11)12-4-2-9(6-17)20-12/h1-5H,7,18H2. The number of benzene rings is 1. The summed E-state index contributed by atoms with van der Waals surface area (Å²) in [5.74, 6) is 0.0497. The summed E-state index contributed by atoms with van der Waals surface area (Å²) < 4.78 is 41.5. The van der Waals surface area contributed by atoms with Gasteiger partial charge in [-0.25, -0.2) is 0 Å². The monoisotopic (exact) mass is 298 g/mol. The Balaban J connectivity index is 2.35. The number of nitriles is 1. The summed E-state index contributed by atoms with van der Waals surface area (Å²) >= 11 is 1.18. The molecule has 0 saturated carbocycles. The van der Waals surface area contributed by atoms with Crippen LogP contribution in [0.4, 0.5) is 18.9 Å². The Morgan fingerprint density at radius 3 is 2.60 bits per heavy atom. The zero-order chi connectivity index (χ0) is 14.8. The van der Waals surface area contributed by atoms with E-state index in [-0.39, 0.29) is 5.75 Å². The van der Waals surface area contributed by atoms with Gasteiger partial charge in [-0.15, -0.1) is 11.3 Å². The predicted octanol–water partition coefficient (Wildman–Crippen LogP) is 3.81. The molecule has 0 bridgehead atoms. The minimum absolute atomic E-state index is 0.0497. The van der Waals surface area contributed by atoms with Crippen molar-refractivity contribution in [3.8, 4) is 22.3 Å². The van der Waals surface area contributed by atoms with Gasteiger partial charge in [0, 0.05) is 22.2 Å². The molecule has 104 valence electrons. The molecule has 0 aliphatic heterocycles. The smallest absolute Gasteiger partial charge is 0.422 e. The first-order valence-corrected chi connectivity index (χ1v) is 6.30. The number of nitrogens with two attached hydrogens (primary N) is 1. The van der Waals surface area contributed by atoms with Crippen LogP contribution in [0.3, 0.4) is 0 Å². The Labute approximate surface area is 117 Å².